The van der Waals surface area contributed by atoms with Crippen LogP contribution in [-0.2, 0) is 11.3 Å². The van der Waals surface area contributed by atoms with Gasteiger partial charge in [-0.05, 0) is 19.5 Å². The highest BCUT2D eigenvalue weighted by Crippen LogP contribution is 2.05. The maximum Gasteiger partial charge on any atom is 0.231 e. The number of nitrogens with zero attached hydrogens (tertiary/aromatic N) is 1. The SMILES string of the molecule is Cc1ccc(CN(C)CC(N)=O)cc1. The Morgan fingerprint density at radius 1 is 1.36 bits per heavy atom. The van der Waals surface area contributed by atoms with E-state index in [0.717, 1.165) is 6.54 Å². The molecule has 0 aliphatic rings. The summed E-state index contributed by atoms with van der Waals surface area (Å²) >= 11 is 0. The molecular weight excluding hydrogens is 176 g/mol. The minimum atomic E-state index is -0.292. The van der Waals surface area contributed by atoms with Crippen molar-refractivity contribution < 1.29 is 4.79 Å². The molecule has 2 N–H and O–H groups in total. The molecule has 0 aliphatic heterocycles. The van der Waals surface area contributed by atoms with Crippen LogP contribution in [0.25, 0.3) is 0 Å². The molecule has 0 saturated carbocycles. The largest absolute Gasteiger partial charge is 0.369 e. The van der Waals surface area contributed by atoms with Crippen LogP contribution in [0.5, 0.6) is 0 Å². The highest BCUT2D eigenvalue weighted by molar-refractivity contribution is 5.75. The lowest BCUT2D eigenvalue weighted by molar-refractivity contribution is -0.118. The molecule has 76 valence electrons. The van der Waals surface area contributed by atoms with Gasteiger partial charge in [0.1, 0.15) is 0 Å². The van der Waals surface area contributed by atoms with Gasteiger partial charge in [0.2, 0.25) is 5.91 Å². The van der Waals surface area contributed by atoms with E-state index < -0.39 is 0 Å². The van der Waals surface area contributed by atoms with E-state index in [1.807, 2.05) is 11.9 Å². The Balaban J connectivity index is 2.51. The van der Waals surface area contributed by atoms with Gasteiger partial charge in [0.25, 0.3) is 0 Å². The number of likely N-dealkylation sites (N-methyl/N-ethyl adjacent to an activating group) is 1. The number of amides is 1. The molecule has 0 aliphatic carbocycles. The predicted octanol–water partition coefficient (Wildman–Crippen LogP) is 0.912. The normalized spacial score (nSPS) is 10.5. The van der Waals surface area contributed by atoms with Gasteiger partial charge in [0.05, 0.1) is 6.54 Å². The lowest BCUT2D eigenvalue weighted by atomic mass is 10.1. The van der Waals surface area contributed by atoms with Crippen LogP contribution in [0.15, 0.2) is 24.3 Å². The van der Waals surface area contributed by atoms with Crippen LogP contribution in [0.2, 0.25) is 0 Å². The second-order valence-electron chi connectivity index (χ2n) is 3.62. The van der Waals surface area contributed by atoms with E-state index in [1.54, 1.807) is 0 Å². The van der Waals surface area contributed by atoms with Crippen LogP contribution in [0, 0.1) is 6.92 Å². The predicted molar refractivity (Wildman–Crippen MR) is 56.7 cm³/mol. The number of rotatable bonds is 4. The number of hydrogen-bond donors (Lipinski definition) is 1. The van der Waals surface area contributed by atoms with Gasteiger partial charge in [-0.3, -0.25) is 9.69 Å². The molecule has 3 nitrogen and oxygen atoms in total. The minimum Gasteiger partial charge on any atom is -0.369 e. The maximum atomic E-state index is 10.6. The Kier molecular flexibility index (Phi) is 3.65. The summed E-state index contributed by atoms with van der Waals surface area (Å²) < 4.78 is 0. The van der Waals surface area contributed by atoms with E-state index in [1.165, 1.54) is 11.1 Å². The van der Waals surface area contributed by atoms with E-state index in [4.69, 9.17) is 5.73 Å². The first-order chi connectivity index (χ1) is 6.58. The third kappa shape index (κ3) is 3.58. The molecule has 1 amide bonds. The number of primary amides is 1. The molecule has 1 rings (SSSR count). The molecule has 0 aromatic heterocycles. The van der Waals surface area contributed by atoms with Gasteiger partial charge in [-0.2, -0.15) is 0 Å². The highest BCUT2D eigenvalue weighted by atomic mass is 16.1. The fraction of sp³-hybridized carbons (Fsp3) is 0.364. The third-order valence-electron chi connectivity index (χ3n) is 2.00. The van der Waals surface area contributed by atoms with Crippen molar-refractivity contribution in [3.05, 3.63) is 35.4 Å². The number of aryl methyl sites for hydroxylation is 1. The molecule has 14 heavy (non-hydrogen) atoms. The molecule has 0 saturated heterocycles. The Hall–Kier alpha value is -1.35. The van der Waals surface area contributed by atoms with Crippen LogP contribution in [-0.4, -0.2) is 24.4 Å². The van der Waals surface area contributed by atoms with Gasteiger partial charge < -0.3 is 5.73 Å². The molecule has 1 aromatic rings. The molecule has 0 radical (unpaired) electrons. The smallest absolute Gasteiger partial charge is 0.231 e. The molecule has 0 atom stereocenters. The summed E-state index contributed by atoms with van der Waals surface area (Å²) in [5, 5.41) is 0. The Morgan fingerprint density at radius 2 is 1.93 bits per heavy atom. The van der Waals surface area contributed by atoms with E-state index in [0.29, 0.717) is 6.54 Å². The standard InChI is InChI=1S/C11H16N2O/c1-9-3-5-10(6-4-9)7-13(2)8-11(12)14/h3-6H,7-8H2,1-2H3,(H2,12,14). The van der Waals surface area contributed by atoms with Gasteiger partial charge in [-0.1, -0.05) is 29.8 Å². The zero-order valence-electron chi connectivity index (χ0n) is 8.66. The molecule has 0 unspecified atom stereocenters. The molecule has 1 aromatic carbocycles. The molecule has 0 bridgehead atoms. The Morgan fingerprint density at radius 3 is 2.43 bits per heavy atom. The average Bonchev–Trinajstić information content (AvgIpc) is 2.07. The van der Waals surface area contributed by atoms with Crippen molar-refractivity contribution in [3.63, 3.8) is 0 Å². The lowest BCUT2D eigenvalue weighted by Crippen LogP contribution is -2.30. The highest BCUT2D eigenvalue weighted by Gasteiger charge is 2.02. The summed E-state index contributed by atoms with van der Waals surface area (Å²) in [6, 6.07) is 8.25. The fourth-order valence-corrected chi connectivity index (χ4v) is 1.33. The lowest BCUT2D eigenvalue weighted by Gasteiger charge is -2.14. The number of benzene rings is 1. The van der Waals surface area contributed by atoms with Crippen molar-refractivity contribution in [3.8, 4) is 0 Å². The van der Waals surface area contributed by atoms with Crippen molar-refractivity contribution in [1.82, 2.24) is 4.90 Å². The Bertz CT molecular complexity index is 306. The van der Waals surface area contributed by atoms with E-state index in [-0.39, 0.29) is 5.91 Å². The van der Waals surface area contributed by atoms with Crippen LogP contribution in [0.4, 0.5) is 0 Å². The molecular formula is C11H16N2O. The summed E-state index contributed by atoms with van der Waals surface area (Å²) in [5.41, 5.74) is 7.53. The summed E-state index contributed by atoms with van der Waals surface area (Å²) in [6.07, 6.45) is 0. The average molecular weight is 192 g/mol. The first-order valence-corrected chi connectivity index (χ1v) is 4.60. The van der Waals surface area contributed by atoms with Gasteiger partial charge in [-0.25, -0.2) is 0 Å². The maximum absolute atomic E-state index is 10.6. The summed E-state index contributed by atoms with van der Waals surface area (Å²) in [4.78, 5) is 12.5. The van der Waals surface area contributed by atoms with E-state index in [2.05, 4.69) is 31.2 Å². The van der Waals surface area contributed by atoms with Gasteiger partial charge in [0.15, 0.2) is 0 Å². The van der Waals surface area contributed by atoms with Crippen molar-refractivity contribution in [2.24, 2.45) is 5.73 Å². The van der Waals surface area contributed by atoms with Crippen molar-refractivity contribution >= 4 is 5.91 Å². The van der Waals surface area contributed by atoms with Gasteiger partial charge in [-0.15, -0.1) is 0 Å². The number of nitrogens with two attached hydrogens (primary N) is 1. The number of carbonyl (C=O) groups is 1. The minimum absolute atomic E-state index is 0.292. The van der Waals surface area contributed by atoms with Crippen molar-refractivity contribution in [2.75, 3.05) is 13.6 Å². The first-order valence-electron chi connectivity index (χ1n) is 4.60. The van der Waals surface area contributed by atoms with Crippen molar-refractivity contribution in [2.45, 2.75) is 13.5 Å². The monoisotopic (exact) mass is 192 g/mol. The van der Waals surface area contributed by atoms with Gasteiger partial charge in [0, 0.05) is 6.54 Å². The summed E-state index contributed by atoms with van der Waals surface area (Å²) in [7, 11) is 1.88. The zero-order valence-corrected chi connectivity index (χ0v) is 8.66. The second-order valence-corrected chi connectivity index (χ2v) is 3.62. The van der Waals surface area contributed by atoms with Crippen LogP contribution < -0.4 is 5.73 Å². The van der Waals surface area contributed by atoms with Gasteiger partial charge >= 0.3 is 0 Å². The summed E-state index contributed by atoms with van der Waals surface area (Å²) in [6.45, 7) is 3.11. The van der Waals surface area contributed by atoms with Crippen molar-refractivity contribution in [1.29, 1.82) is 0 Å². The van der Waals surface area contributed by atoms with Crippen LogP contribution in [0.3, 0.4) is 0 Å². The topological polar surface area (TPSA) is 46.3 Å². The van der Waals surface area contributed by atoms with Crippen LogP contribution in [0.1, 0.15) is 11.1 Å². The molecule has 0 spiro atoms. The Labute approximate surface area is 84.5 Å². The van der Waals surface area contributed by atoms with Crippen LogP contribution >= 0.6 is 0 Å². The fourth-order valence-electron chi connectivity index (χ4n) is 1.33. The number of hydrogen-bond acceptors (Lipinski definition) is 2. The quantitative estimate of drug-likeness (QED) is 0.770. The second kappa shape index (κ2) is 4.77. The van der Waals surface area contributed by atoms with E-state index in [9.17, 15) is 4.79 Å². The molecule has 0 fully saturated rings. The first kappa shape index (κ1) is 10.7. The molecule has 0 heterocycles. The number of carbonyl (C=O) groups excluding carboxylic acids is 1. The zero-order chi connectivity index (χ0) is 10.6. The van der Waals surface area contributed by atoms with E-state index >= 15 is 0 Å². The summed E-state index contributed by atoms with van der Waals surface area (Å²) in [5.74, 6) is -0.292. The molecule has 3 heteroatoms. The third-order valence-corrected chi connectivity index (χ3v) is 2.00.